The number of ether oxygens (including phenoxy) is 4. The van der Waals surface area contributed by atoms with E-state index in [1.165, 1.54) is 4.90 Å². The third-order valence-electron chi connectivity index (χ3n) is 12.1. The lowest BCUT2D eigenvalue weighted by molar-refractivity contribution is -0.153. The van der Waals surface area contributed by atoms with Crippen molar-refractivity contribution in [1.82, 2.24) is 25.0 Å². The normalized spacial score (nSPS) is 23.2. The highest BCUT2D eigenvalue weighted by Gasteiger charge is 2.78. The molecule has 5 atom stereocenters. The first kappa shape index (κ1) is 54.7. The topological polar surface area (TPSA) is 179 Å². The lowest BCUT2D eigenvalue weighted by Crippen LogP contribution is -2.69. The van der Waals surface area contributed by atoms with Crippen LogP contribution < -0.4 is 10.6 Å². The maximum absolute atomic E-state index is 15.7. The van der Waals surface area contributed by atoms with Crippen LogP contribution in [0.3, 0.4) is 0 Å². The van der Waals surface area contributed by atoms with E-state index in [9.17, 15) is 14.4 Å². The summed E-state index contributed by atoms with van der Waals surface area (Å²) >= 11 is 31.7. The third-order valence-corrected chi connectivity index (χ3v) is 21.5. The van der Waals surface area contributed by atoms with Gasteiger partial charge in [0.25, 0.3) is 11.8 Å². The number of aromatic nitrogens is 1. The maximum Gasteiger partial charge on any atom is 0.423 e. The van der Waals surface area contributed by atoms with E-state index in [1.807, 2.05) is 19.2 Å². The molecule has 1 aliphatic carbocycles. The minimum absolute atomic E-state index is 0.0424. The van der Waals surface area contributed by atoms with Gasteiger partial charge in [0, 0.05) is 33.6 Å². The van der Waals surface area contributed by atoms with Gasteiger partial charge >= 0.3 is 18.2 Å². The number of rotatable bonds is 13. The number of esters is 1. The molecule has 2 N–H and O–H groups in total. The van der Waals surface area contributed by atoms with Gasteiger partial charge in [0.1, 0.15) is 35.8 Å². The number of nitrogens with zero attached hydrogens (tertiary/aromatic N) is 4. The Kier molecular flexibility index (Phi) is 17.4. The predicted octanol–water partition coefficient (Wildman–Crippen LogP) is 9.28. The lowest BCUT2D eigenvalue weighted by Gasteiger charge is -2.42. The number of carbonyl (C=O) groups is 5. The van der Waals surface area contributed by atoms with E-state index in [0.29, 0.717) is 26.1 Å². The van der Waals surface area contributed by atoms with Crippen molar-refractivity contribution in [3.63, 3.8) is 0 Å². The molecule has 5 rings (SSSR count). The standard InChI is InChI=1S/C41H55Br2Cl3N6O10S2Si2/c1-38(2,3)66(9,10)62-28-19-39(33(55)58-4,48-34(63)47-36(56)60-21-24-14-12-11-13-15-24)29-25(28)20-51(31(53)27-18-26(42)30(43)50(27)23-59-16-17-65(6,7)8)41(29)32(54)52(35(49-41)64-5)37(57)61-22-40(44,45)46/h11-15,18,25,28-29H,16-17,19-23H2,1-10H3,(H2,47,48,56,63)/t25-,28+,29-,39+,41+/m1/s1. The van der Waals surface area contributed by atoms with Crippen molar-refractivity contribution in [3.8, 4) is 0 Å². The van der Waals surface area contributed by atoms with Crippen LogP contribution in [-0.2, 0) is 46.3 Å². The number of thioether (sulfide) groups is 1. The molecule has 0 bridgehead atoms. The van der Waals surface area contributed by atoms with Gasteiger partial charge < -0.3 is 38.2 Å². The van der Waals surface area contributed by atoms with Crippen molar-refractivity contribution in [2.75, 3.05) is 33.1 Å². The van der Waals surface area contributed by atoms with Crippen molar-refractivity contribution >= 4 is 147 Å². The van der Waals surface area contributed by atoms with Crippen LogP contribution in [0, 0.1) is 11.8 Å². The summed E-state index contributed by atoms with van der Waals surface area (Å²) in [7, 11) is -3.06. The fourth-order valence-electron chi connectivity index (χ4n) is 7.99. The Morgan fingerprint density at radius 2 is 1.70 bits per heavy atom. The molecule has 364 valence electrons. The first-order valence-corrected chi connectivity index (χ1v) is 31.7. The number of fused-ring (bicyclic) bond motifs is 2. The van der Waals surface area contributed by atoms with Gasteiger partial charge in [-0.2, -0.15) is 4.90 Å². The minimum Gasteiger partial charge on any atom is -0.467 e. The van der Waals surface area contributed by atoms with Crippen molar-refractivity contribution in [1.29, 1.82) is 0 Å². The number of nitrogens with one attached hydrogen (secondary N) is 2. The van der Waals surface area contributed by atoms with E-state index in [-0.39, 0.29) is 47.3 Å². The van der Waals surface area contributed by atoms with Crippen LogP contribution >= 0.6 is 90.6 Å². The summed E-state index contributed by atoms with van der Waals surface area (Å²) in [4.78, 5) is 80.2. The molecule has 66 heavy (non-hydrogen) atoms. The molecule has 0 unspecified atom stereocenters. The van der Waals surface area contributed by atoms with Crippen LogP contribution in [0.25, 0.3) is 0 Å². The molecule has 4 amide bonds. The van der Waals surface area contributed by atoms with Crippen LogP contribution in [0.5, 0.6) is 0 Å². The average Bonchev–Trinajstić information content (AvgIpc) is 3.91. The predicted molar refractivity (Wildman–Crippen MR) is 271 cm³/mol. The van der Waals surface area contributed by atoms with Gasteiger partial charge in [0.15, 0.2) is 18.6 Å². The maximum atomic E-state index is 15.7. The molecule has 1 saturated heterocycles. The van der Waals surface area contributed by atoms with E-state index < -0.39 is 85.9 Å². The zero-order valence-electron chi connectivity index (χ0n) is 38.2. The van der Waals surface area contributed by atoms with Crippen LogP contribution in [0.4, 0.5) is 9.59 Å². The summed E-state index contributed by atoms with van der Waals surface area (Å²) in [5.74, 6) is -4.91. The Bertz CT molecular complexity index is 2250. The molecule has 1 spiro atoms. The summed E-state index contributed by atoms with van der Waals surface area (Å²) in [6.45, 7) is 16.2. The van der Waals surface area contributed by atoms with Gasteiger partial charge in [-0.1, -0.05) is 117 Å². The number of hydrogen-bond acceptors (Lipinski definition) is 13. The summed E-state index contributed by atoms with van der Waals surface area (Å²) in [6.07, 6.45) is -1.64. The Balaban J connectivity index is 1.71. The highest BCUT2D eigenvalue weighted by molar-refractivity contribution is 9.13. The minimum atomic E-state index is -2.74. The Hall–Kier alpha value is -2.26. The monoisotopic (exact) mass is 1170 g/mol. The fraction of sp³-hybridized carbons (Fsp3) is 0.585. The van der Waals surface area contributed by atoms with Crippen molar-refractivity contribution in [2.45, 2.75) is 105 Å². The number of alkyl halides is 3. The van der Waals surface area contributed by atoms with Gasteiger partial charge in [0.2, 0.25) is 9.46 Å². The van der Waals surface area contributed by atoms with Crippen molar-refractivity contribution in [3.05, 3.63) is 56.7 Å². The highest BCUT2D eigenvalue weighted by Crippen LogP contribution is 2.59. The number of halogens is 5. The Labute approximate surface area is 428 Å². The number of aliphatic imine (C=N–C) groups is 1. The van der Waals surface area contributed by atoms with Gasteiger partial charge in [-0.15, -0.1) is 0 Å². The number of alkyl carbamates (subject to hydrolysis) is 1. The van der Waals surface area contributed by atoms with E-state index in [1.54, 1.807) is 41.2 Å². The summed E-state index contributed by atoms with van der Waals surface area (Å²) in [5.41, 5.74) is -3.66. The SMILES string of the molecule is COC(=O)[C@]1(NC(=S)NC(=O)OCc2ccccc2)C[C@H](O[Si](C)(C)C(C)(C)C)[C@H]2CN(C(=O)c3cc(Br)c(Br)n3COCC[Si](C)(C)C)[C@@]3(N=C(SC)N(C(=O)OCC(Cl)(Cl)Cl)C3=O)[C@H]21. The number of carbonyl (C=O) groups excluding carboxylic acids is 5. The summed E-state index contributed by atoms with van der Waals surface area (Å²) in [5, 5.41) is 4.66. The van der Waals surface area contributed by atoms with E-state index >= 15 is 9.59 Å². The highest BCUT2D eigenvalue weighted by atomic mass is 79.9. The van der Waals surface area contributed by atoms with E-state index in [2.05, 4.69) is 82.9 Å². The molecule has 16 nitrogen and oxygen atoms in total. The third kappa shape index (κ3) is 11.7. The average molecular weight is 1180 g/mol. The first-order valence-electron chi connectivity index (χ1n) is 20.8. The number of hydrogen-bond donors (Lipinski definition) is 2. The second-order valence-corrected chi connectivity index (χ2v) is 34.5. The number of thiocarbonyl (C=S) groups is 1. The molecular weight excluding hydrogens is 1120 g/mol. The number of likely N-dealkylation sites (tertiary alicyclic amines) is 1. The molecular formula is C41H55Br2Cl3N6O10S2Si2. The number of amidine groups is 1. The van der Waals surface area contributed by atoms with Gasteiger partial charge in [-0.25, -0.2) is 19.4 Å². The molecule has 2 aliphatic heterocycles. The van der Waals surface area contributed by atoms with Crippen LogP contribution in [0.1, 0.15) is 43.2 Å². The molecule has 1 saturated carbocycles. The molecule has 1 aromatic carbocycles. The van der Waals surface area contributed by atoms with Gasteiger partial charge in [-0.05, 0) is 86.1 Å². The molecule has 25 heteroatoms. The second kappa shape index (κ2) is 21.0. The summed E-state index contributed by atoms with van der Waals surface area (Å²) in [6, 6.07) is 11.4. The number of benzene rings is 1. The van der Waals surface area contributed by atoms with E-state index in [4.69, 9.17) is 75.4 Å². The zero-order valence-corrected chi connectivity index (χ0v) is 47.3. The van der Waals surface area contributed by atoms with Gasteiger partial charge in [-0.3, -0.25) is 14.9 Å². The first-order chi connectivity index (χ1) is 30.5. The quantitative estimate of drug-likeness (QED) is 0.0485. The van der Waals surface area contributed by atoms with Crippen LogP contribution in [0.15, 0.2) is 50.5 Å². The number of methoxy groups -OCH3 is 1. The Morgan fingerprint density at radius 3 is 2.27 bits per heavy atom. The van der Waals surface area contributed by atoms with Crippen molar-refractivity contribution in [2.24, 2.45) is 16.8 Å². The smallest absolute Gasteiger partial charge is 0.423 e. The zero-order chi connectivity index (χ0) is 49.4. The van der Waals surface area contributed by atoms with Crippen molar-refractivity contribution < 1.29 is 47.3 Å². The fourth-order valence-corrected chi connectivity index (χ4v) is 11.9. The molecule has 1 aromatic heterocycles. The molecule has 3 aliphatic rings. The second-order valence-electron chi connectivity index (χ2n) is 18.9. The summed E-state index contributed by atoms with van der Waals surface area (Å²) < 4.78 is 30.2. The molecule has 2 fully saturated rings. The van der Waals surface area contributed by atoms with E-state index in [0.717, 1.165) is 24.9 Å². The Morgan fingerprint density at radius 1 is 1.05 bits per heavy atom. The number of amides is 4. The molecule has 3 heterocycles. The molecule has 0 radical (unpaired) electrons. The largest absolute Gasteiger partial charge is 0.467 e. The lowest BCUT2D eigenvalue weighted by atomic mass is 9.76. The van der Waals surface area contributed by atoms with Gasteiger partial charge in [0.05, 0.1) is 23.6 Å². The van der Waals surface area contributed by atoms with Crippen LogP contribution in [0.2, 0.25) is 43.8 Å². The van der Waals surface area contributed by atoms with Crippen LogP contribution in [-0.4, -0.2) is 125 Å². The molecule has 2 aromatic rings. The number of imide groups is 1.